The van der Waals surface area contributed by atoms with Gasteiger partial charge in [0, 0.05) is 6.67 Å². The maximum absolute atomic E-state index is 10.2. The first-order valence-corrected chi connectivity index (χ1v) is 4.61. The molecule has 0 aromatic carbocycles. The fourth-order valence-corrected chi connectivity index (χ4v) is 1.25. The van der Waals surface area contributed by atoms with Crippen LogP contribution in [0.5, 0.6) is 0 Å². The first kappa shape index (κ1) is 7.93. The summed E-state index contributed by atoms with van der Waals surface area (Å²) >= 11 is 0. The minimum Gasteiger partial charge on any atom is -0.289 e. The van der Waals surface area contributed by atoms with Crippen molar-refractivity contribution in [1.82, 2.24) is 10.6 Å². The molecule has 6 heteroatoms. The summed E-state index contributed by atoms with van der Waals surface area (Å²) in [6.45, 7) is 0.718. The summed E-state index contributed by atoms with van der Waals surface area (Å²) in [4.78, 5) is 0. The van der Waals surface area contributed by atoms with Crippen LogP contribution in [0.25, 0.3) is 0 Å². The lowest BCUT2D eigenvalue weighted by atomic mass is 10.3. The third-order valence-corrected chi connectivity index (χ3v) is 2.11. The third kappa shape index (κ3) is 2.61. The van der Waals surface area contributed by atoms with Gasteiger partial charge in [-0.15, -0.1) is 0 Å². The second-order valence-electron chi connectivity index (χ2n) is 2.21. The molecule has 0 amide bonds. The van der Waals surface area contributed by atoms with Crippen molar-refractivity contribution in [2.75, 3.05) is 12.4 Å². The van der Waals surface area contributed by atoms with E-state index in [1.807, 2.05) is 0 Å². The van der Waals surface area contributed by atoms with Crippen molar-refractivity contribution in [1.29, 1.82) is 0 Å². The SMILES string of the molecule is O=S(=O)(O)CCC1NCN1. The Kier molecular flexibility index (Phi) is 2.24. The van der Waals surface area contributed by atoms with E-state index in [1.54, 1.807) is 0 Å². The molecule has 1 rings (SSSR count). The van der Waals surface area contributed by atoms with Crippen molar-refractivity contribution in [2.45, 2.75) is 12.6 Å². The molecule has 0 aliphatic carbocycles. The monoisotopic (exact) mass is 166 g/mol. The van der Waals surface area contributed by atoms with Crippen LogP contribution in [0, 0.1) is 0 Å². The second-order valence-corrected chi connectivity index (χ2v) is 3.78. The molecule has 1 heterocycles. The van der Waals surface area contributed by atoms with Crippen LogP contribution >= 0.6 is 0 Å². The predicted octanol–water partition coefficient (Wildman–Crippen LogP) is -1.26. The standard InChI is InChI=1S/C4H10N2O3S/c7-10(8,9)2-1-4-5-3-6-4/h4-6H,1-3H2,(H,7,8,9). The van der Waals surface area contributed by atoms with E-state index < -0.39 is 10.1 Å². The summed E-state index contributed by atoms with van der Waals surface area (Å²) in [6.07, 6.45) is 0.473. The van der Waals surface area contributed by atoms with Gasteiger partial charge in [0.1, 0.15) is 0 Å². The van der Waals surface area contributed by atoms with Gasteiger partial charge in [-0.05, 0) is 6.42 Å². The minimum atomic E-state index is -3.78. The lowest BCUT2D eigenvalue weighted by molar-refractivity contribution is 0.291. The molecule has 0 bridgehead atoms. The molecule has 0 radical (unpaired) electrons. The van der Waals surface area contributed by atoms with E-state index in [0.717, 1.165) is 6.67 Å². The van der Waals surface area contributed by atoms with Crippen molar-refractivity contribution >= 4 is 10.1 Å². The van der Waals surface area contributed by atoms with Gasteiger partial charge in [-0.25, -0.2) is 0 Å². The average Bonchev–Trinajstić information content (AvgIpc) is 1.56. The lowest BCUT2D eigenvalue weighted by Gasteiger charge is -2.28. The van der Waals surface area contributed by atoms with Crippen LogP contribution in [0.1, 0.15) is 6.42 Å². The van der Waals surface area contributed by atoms with Gasteiger partial charge in [0.25, 0.3) is 10.1 Å². The van der Waals surface area contributed by atoms with Gasteiger partial charge in [0.2, 0.25) is 0 Å². The maximum atomic E-state index is 10.2. The zero-order chi connectivity index (χ0) is 7.61. The van der Waals surface area contributed by atoms with Crippen LogP contribution in [0.15, 0.2) is 0 Å². The molecule has 1 aliphatic rings. The van der Waals surface area contributed by atoms with E-state index in [9.17, 15) is 8.42 Å². The molecule has 10 heavy (non-hydrogen) atoms. The van der Waals surface area contributed by atoms with Gasteiger partial charge in [0.15, 0.2) is 0 Å². The Bertz CT molecular complexity index is 197. The van der Waals surface area contributed by atoms with Crippen LogP contribution in [0.4, 0.5) is 0 Å². The maximum Gasteiger partial charge on any atom is 0.264 e. The van der Waals surface area contributed by atoms with Crippen LogP contribution in [-0.2, 0) is 10.1 Å². The van der Waals surface area contributed by atoms with E-state index in [2.05, 4.69) is 10.6 Å². The normalized spacial score (nSPS) is 20.5. The molecule has 0 aromatic heterocycles. The van der Waals surface area contributed by atoms with Crippen LogP contribution in [0.3, 0.4) is 0 Å². The van der Waals surface area contributed by atoms with Crippen molar-refractivity contribution in [3.8, 4) is 0 Å². The summed E-state index contributed by atoms with van der Waals surface area (Å²) < 4.78 is 28.7. The predicted molar refractivity (Wildman–Crippen MR) is 36.0 cm³/mol. The first-order chi connectivity index (χ1) is 4.58. The van der Waals surface area contributed by atoms with Gasteiger partial charge in [-0.1, -0.05) is 0 Å². The molecule has 3 N–H and O–H groups in total. The number of hydrogen-bond donors (Lipinski definition) is 3. The average molecular weight is 166 g/mol. The van der Waals surface area contributed by atoms with Gasteiger partial charge < -0.3 is 0 Å². The second kappa shape index (κ2) is 2.83. The fourth-order valence-electron chi connectivity index (χ4n) is 0.717. The Balaban J connectivity index is 2.16. The largest absolute Gasteiger partial charge is 0.289 e. The molecule has 0 aromatic rings. The van der Waals surface area contributed by atoms with Crippen LogP contribution in [0.2, 0.25) is 0 Å². The quantitative estimate of drug-likeness (QED) is 0.456. The zero-order valence-corrected chi connectivity index (χ0v) is 6.19. The zero-order valence-electron chi connectivity index (χ0n) is 5.37. The molecule has 1 fully saturated rings. The number of nitrogens with one attached hydrogen (secondary N) is 2. The summed E-state index contributed by atoms with van der Waals surface area (Å²) in [5.74, 6) is -0.183. The molecule has 0 atom stereocenters. The highest BCUT2D eigenvalue weighted by atomic mass is 32.2. The molecule has 5 nitrogen and oxygen atoms in total. The molecular formula is C4H10N2O3S. The van der Waals surface area contributed by atoms with Gasteiger partial charge in [0.05, 0.1) is 11.9 Å². The minimum absolute atomic E-state index is 0.0573. The Morgan fingerprint density at radius 2 is 2.10 bits per heavy atom. The van der Waals surface area contributed by atoms with E-state index in [4.69, 9.17) is 4.55 Å². The van der Waals surface area contributed by atoms with E-state index in [1.165, 1.54) is 0 Å². The summed E-state index contributed by atoms with van der Waals surface area (Å²) in [6, 6.07) is 0. The Morgan fingerprint density at radius 1 is 1.50 bits per heavy atom. The summed E-state index contributed by atoms with van der Waals surface area (Å²) in [7, 11) is -3.78. The van der Waals surface area contributed by atoms with Gasteiger partial charge in [-0.2, -0.15) is 8.42 Å². The molecule has 1 aliphatic heterocycles. The third-order valence-electron chi connectivity index (χ3n) is 1.36. The molecule has 0 saturated carbocycles. The van der Waals surface area contributed by atoms with Crippen molar-refractivity contribution in [3.63, 3.8) is 0 Å². The number of hydrogen-bond acceptors (Lipinski definition) is 4. The van der Waals surface area contributed by atoms with E-state index >= 15 is 0 Å². The number of rotatable bonds is 3. The van der Waals surface area contributed by atoms with Crippen molar-refractivity contribution < 1.29 is 13.0 Å². The fraction of sp³-hybridized carbons (Fsp3) is 1.00. The van der Waals surface area contributed by atoms with Gasteiger partial charge >= 0.3 is 0 Å². The van der Waals surface area contributed by atoms with Crippen molar-refractivity contribution in [2.24, 2.45) is 0 Å². The Morgan fingerprint density at radius 3 is 2.40 bits per heavy atom. The highest BCUT2D eigenvalue weighted by molar-refractivity contribution is 7.85. The van der Waals surface area contributed by atoms with E-state index in [-0.39, 0.29) is 11.9 Å². The molecule has 0 unspecified atom stereocenters. The smallest absolute Gasteiger partial charge is 0.264 e. The highest BCUT2D eigenvalue weighted by Gasteiger charge is 2.17. The Hall–Kier alpha value is -0.170. The van der Waals surface area contributed by atoms with E-state index in [0.29, 0.717) is 6.42 Å². The molecular weight excluding hydrogens is 156 g/mol. The molecule has 60 valence electrons. The Labute approximate surface area is 59.6 Å². The van der Waals surface area contributed by atoms with Crippen molar-refractivity contribution in [3.05, 3.63) is 0 Å². The summed E-state index contributed by atoms with van der Waals surface area (Å²) in [5, 5.41) is 5.86. The van der Waals surface area contributed by atoms with Crippen LogP contribution < -0.4 is 10.6 Å². The highest BCUT2D eigenvalue weighted by Crippen LogP contribution is 1.96. The summed E-state index contributed by atoms with van der Waals surface area (Å²) in [5.41, 5.74) is 0. The topological polar surface area (TPSA) is 78.4 Å². The first-order valence-electron chi connectivity index (χ1n) is 3.00. The lowest BCUT2D eigenvalue weighted by Crippen LogP contribution is -2.59. The molecule has 1 saturated heterocycles. The van der Waals surface area contributed by atoms with Gasteiger partial charge in [-0.3, -0.25) is 15.2 Å². The molecule has 0 spiro atoms. The van der Waals surface area contributed by atoms with Crippen LogP contribution in [-0.4, -0.2) is 31.6 Å².